The van der Waals surface area contributed by atoms with Crippen molar-refractivity contribution in [3.63, 3.8) is 0 Å². The third-order valence-electron chi connectivity index (χ3n) is 4.54. The molecule has 2 heterocycles. The molecular weight excluding hydrogens is 318 g/mol. The molecule has 1 fully saturated rings. The van der Waals surface area contributed by atoms with Crippen LogP contribution in [-0.4, -0.2) is 44.6 Å². The van der Waals surface area contributed by atoms with E-state index in [2.05, 4.69) is 48.7 Å². The first-order valence-corrected chi connectivity index (χ1v) is 10.8. The number of methoxy groups -OCH3 is 1. The van der Waals surface area contributed by atoms with Crippen LogP contribution in [-0.2, 0) is 4.43 Å². The van der Waals surface area contributed by atoms with E-state index < -0.39 is 8.32 Å². The average molecular weight is 344 g/mol. The first kappa shape index (κ1) is 17.5. The molecule has 7 heteroatoms. The Morgan fingerprint density at radius 3 is 2.32 bits per heavy atom. The number of aryl methyl sites for hydroxylation is 1. The minimum Gasteiger partial charge on any atom is -0.490 e. The van der Waals surface area contributed by atoms with Crippen molar-refractivity contribution < 1.29 is 9.16 Å². The minimum atomic E-state index is -1.73. The van der Waals surface area contributed by atoms with E-state index >= 15 is 0 Å². The van der Waals surface area contributed by atoms with E-state index in [1.54, 1.807) is 7.11 Å². The molecule has 0 aliphatic carbocycles. The van der Waals surface area contributed by atoms with Crippen LogP contribution >= 0.6 is 11.6 Å². The maximum Gasteiger partial charge on any atom is 0.199 e. The fourth-order valence-corrected chi connectivity index (χ4v) is 3.80. The van der Waals surface area contributed by atoms with Gasteiger partial charge in [0.1, 0.15) is 5.82 Å². The number of ether oxygens (including phenoxy) is 1. The number of nitrogens with zero attached hydrogens (tertiary/aromatic N) is 3. The Kier molecular flexibility index (Phi) is 4.76. The molecule has 5 nitrogen and oxygen atoms in total. The zero-order valence-corrected chi connectivity index (χ0v) is 16.3. The summed E-state index contributed by atoms with van der Waals surface area (Å²) in [4.78, 5) is 10.7. The lowest BCUT2D eigenvalue weighted by molar-refractivity contribution is 0.148. The van der Waals surface area contributed by atoms with E-state index in [1.807, 2.05) is 6.92 Å². The Morgan fingerprint density at radius 2 is 1.82 bits per heavy atom. The largest absolute Gasteiger partial charge is 0.490 e. The summed E-state index contributed by atoms with van der Waals surface area (Å²) < 4.78 is 11.8. The number of anilines is 1. The van der Waals surface area contributed by atoms with Crippen molar-refractivity contribution >= 4 is 25.7 Å². The summed E-state index contributed by atoms with van der Waals surface area (Å²) in [5.74, 6) is 1.95. The Balaban J connectivity index is 2.06. The number of hydrogen-bond acceptors (Lipinski definition) is 5. The van der Waals surface area contributed by atoms with Gasteiger partial charge in [-0.25, -0.2) is 9.97 Å². The van der Waals surface area contributed by atoms with Gasteiger partial charge in [-0.2, -0.15) is 0 Å². The molecule has 0 N–H and O–H groups in total. The van der Waals surface area contributed by atoms with Crippen LogP contribution < -0.4 is 9.64 Å². The molecule has 1 aliphatic rings. The van der Waals surface area contributed by atoms with Gasteiger partial charge in [-0.3, -0.25) is 0 Å². The zero-order valence-electron chi connectivity index (χ0n) is 14.5. The second kappa shape index (κ2) is 5.98. The second-order valence-electron chi connectivity index (χ2n) is 7.32. The molecule has 0 unspecified atom stereocenters. The van der Waals surface area contributed by atoms with E-state index in [9.17, 15) is 0 Å². The molecule has 22 heavy (non-hydrogen) atoms. The summed E-state index contributed by atoms with van der Waals surface area (Å²) in [5, 5.41) is 0.582. The molecule has 1 aromatic rings. The first-order valence-electron chi connectivity index (χ1n) is 7.56. The monoisotopic (exact) mass is 343 g/mol. The number of halogens is 1. The van der Waals surface area contributed by atoms with Crippen molar-refractivity contribution in [3.05, 3.63) is 11.0 Å². The summed E-state index contributed by atoms with van der Waals surface area (Å²) in [6, 6.07) is 0. The molecule has 0 spiro atoms. The van der Waals surface area contributed by atoms with Crippen molar-refractivity contribution in [2.75, 3.05) is 25.1 Å². The van der Waals surface area contributed by atoms with Crippen molar-refractivity contribution in [1.82, 2.24) is 9.97 Å². The molecule has 1 saturated heterocycles. The smallest absolute Gasteiger partial charge is 0.199 e. The Bertz CT molecular complexity index is 554. The lowest BCUT2D eigenvalue weighted by atomic mass is 10.2. The summed E-state index contributed by atoms with van der Waals surface area (Å²) >= 11 is 6.14. The molecule has 1 aromatic heterocycles. The highest BCUT2D eigenvalue weighted by Gasteiger charge is 2.42. The fourth-order valence-electron chi connectivity index (χ4n) is 2.18. The van der Waals surface area contributed by atoms with Gasteiger partial charge >= 0.3 is 0 Å². The van der Waals surface area contributed by atoms with Gasteiger partial charge in [-0.05, 0) is 25.1 Å². The third-order valence-corrected chi connectivity index (χ3v) is 9.33. The maximum absolute atomic E-state index is 6.40. The van der Waals surface area contributed by atoms with Crippen LogP contribution in [0.1, 0.15) is 26.6 Å². The van der Waals surface area contributed by atoms with Crippen LogP contribution in [0, 0.1) is 6.92 Å². The fraction of sp³-hybridized carbons (Fsp3) is 0.733. The molecule has 1 aliphatic heterocycles. The van der Waals surface area contributed by atoms with Gasteiger partial charge in [0.2, 0.25) is 0 Å². The van der Waals surface area contributed by atoms with Crippen LogP contribution in [0.5, 0.6) is 5.75 Å². The van der Waals surface area contributed by atoms with E-state index in [0.29, 0.717) is 16.7 Å². The van der Waals surface area contributed by atoms with Gasteiger partial charge in [0.25, 0.3) is 0 Å². The molecule has 0 aromatic carbocycles. The van der Waals surface area contributed by atoms with Gasteiger partial charge in [-0.15, -0.1) is 0 Å². The predicted molar refractivity (Wildman–Crippen MR) is 92.6 cm³/mol. The SMILES string of the molecule is COc1c(Cl)nc(C)nc1N1CC(O[Si](C)(C)C(C)(C)C)C1. The molecule has 0 amide bonds. The number of hydrogen-bond donors (Lipinski definition) is 0. The Hall–Kier alpha value is -0.853. The summed E-state index contributed by atoms with van der Waals surface area (Å²) in [6.07, 6.45) is 0.250. The third kappa shape index (κ3) is 3.39. The lowest BCUT2D eigenvalue weighted by Crippen LogP contribution is -2.58. The van der Waals surface area contributed by atoms with Crippen LogP contribution in [0.15, 0.2) is 0 Å². The average Bonchev–Trinajstić information content (AvgIpc) is 2.31. The topological polar surface area (TPSA) is 47.5 Å². The molecule has 0 radical (unpaired) electrons. The molecule has 124 valence electrons. The predicted octanol–water partition coefficient (Wildman–Crippen LogP) is 3.66. The molecule has 0 saturated carbocycles. The summed E-state index contributed by atoms with van der Waals surface area (Å²) in [6.45, 7) is 14.8. The minimum absolute atomic E-state index is 0.222. The van der Waals surface area contributed by atoms with Gasteiger partial charge in [-0.1, -0.05) is 32.4 Å². The second-order valence-corrected chi connectivity index (χ2v) is 12.4. The summed E-state index contributed by atoms with van der Waals surface area (Å²) in [7, 11) is -0.139. The lowest BCUT2D eigenvalue weighted by Gasteiger charge is -2.47. The highest BCUT2D eigenvalue weighted by atomic mass is 35.5. The Labute approximate surface area is 139 Å². The van der Waals surface area contributed by atoms with Crippen molar-refractivity contribution in [2.45, 2.75) is 51.9 Å². The quantitative estimate of drug-likeness (QED) is 0.616. The highest BCUT2D eigenvalue weighted by molar-refractivity contribution is 6.74. The Morgan fingerprint density at radius 1 is 1.23 bits per heavy atom. The van der Waals surface area contributed by atoms with Crippen LogP contribution in [0.25, 0.3) is 0 Å². The van der Waals surface area contributed by atoms with E-state index in [4.69, 9.17) is 20.8 Å². The first-order chi connectivity index (χ1) is 10.0. The van der Waals surface area contributed by atoms with Gasteiger partial charge < -0.3 is 14.1 Å². The number of rotatable bonds is 4. The summed E-state index contributed by atoms with van der Waals surface area (Å²) in [5.41, 5.74) is 0. The van der Waals surface area contributed by atoms with Crippen molar-refractivity contribution in [2.24, 2.45) is 0 Å². The van der Waals surface area contributed by atoms with Crippen LogP contribution in [0.4, 0.5) is 5.82 Å². The van der Waals surface area contributed by atoms with E-state index in [1.165, 1.54) is 0 Å². The normalized spacial score (nSPS) is 16.6. The molecule has 0 atom stereocenters. The van der Waals surface area contributed by atoms with Gasteiger partial charge in [0, 0.05) is 13.1 Å². The van der Waals surface area contributed by atoms with Crippen molar-refractivity contribution in [1.29, 1.82) is 0 Å². The van der Waals surface area contributed by atoms with Gasteiger partial charge in [0.05, 0.1) is 13.2 Å². The molecule has 2 rings (SSSR count). The zero-order chi connectivity index (χ0) is 16.7. The number of aromatic nitrogens is 2. The van der Waals surface area contributed by atoms with Gasteiger partial charge in [0.15, 0.2) is 25.0 Å². The van der Waals surface area contributed by atoms with Crippen LogP contribution in [0.2, 0.25) is 23.3 Å². The van der Waals surface area contributed by atoms with E-state index in [0.717, 1.165) is 18.9 Å². The molecular formula is C15H26ClN3O2Si. The van der Waals surface area contributed by atoms with Crippen molar-refractivity contribution in [3.8, 4) is 5.75 Å². The maximum atomic E-state index is 6.40. The van der Waals surface area contributed by atoms with E-state index in [-0.39, 0.29) is 11.1 Å². The highest BCUT2D eigenvalue weighted by Crippen LogP contribution is 2.40. The standard InChI is InChI=1S/C15H26ClN3O2Si/c1-10-17-13(16)12(20-5)14(18-10)19-8-11(9-19)21-22(6,7)15(2,3)4/h11H,8-9H2,1-7H3. The molecule has 0 bridgehead atoms. The van der Waals surface area contributed by atoms with Crippen LogP contribution in [0.3, 0.4) is 0 Å².